The van der Waals surface area contributed by atoms with Crippen LogP contribution in [0.3, 0.4) is 0 Å². The lowest BCUT2D eigenvalue weighted by Crippen LogP contribution is -2.37. The van der Waals surface area contributed by atoms with E-state index in [4.69, 9.17) is 0 Å². The molecule has 0 radical (unpaired) electrons. The number of rotatable bonds is 3. The molecule has 1 saturated heterocycles. The van der Waals surface area contributed by atoms with Gasteiger partial charge in [0.2, 0.25) is 0 Å². The van der Waals surface area contributed by atoms with Crippen molar-refractivity contribution < 1.29 is 9.59 Å². The van der Waals surface area contributed by atoms with Gasteiger partial charge in [-0.25, -0.2) is 0 Å². The summed E-state index contributed by atoms with van der Waals surface area (Å²) < 4.78 is 0. The first kappa shape index (κ1) is 17.2. The summed E-state index contributed by atoms with van der Waals surface area (Å²) in [5, 5.41) is 2.89. The van der Waals surface area contributed by atoms with E-state index in [9.17, 15) is 9.59 Å². The molecule has 0 atom stereocenters. The molecule has 4 nitrogen and oxygen atoms in total. The average molecular weight is 336 g/mol. The van der Waals surface area contributed by atoms with Crippen molar-refractivity contribution >= 4 is 17.5 Å². The van der Waals surface area contributed by atoms with Gasteiger partial charge in [-0.1, -0.05) is 25.1 Å². The Bertz CT molecular complexity index is 760. The molecule has 1 aliphatic rings. The van der Waals surface area contributed by atoms with Crippen molar-refractivity contribution in [2.24, 2.45) is 5.92 Å². The summed E-state index contributed by atoms with van der Waals surface area (Å²) >= 11 is 0. The summed E-state index contributed by atoms with van der Waals surface area (Å²) in [5.41, 5.74) is 2.96. The Morgan fingerprint density at radius 3 is 2.28 bits per heavy atom. The monoisotopic (exact) mass is 336 g/mol. The zero-order chi connectivity index (χ0) is 17.8. The number of likely N-dealkylation sites (tertiary alicyclic amines) is 1. The minimum Gasteiger partial charge on any atom is -0.339 e. The van der Waals surface area contributed by atoms with Crippen molar-refractivity contribution in [1.82, 2.24) is 4.90 Å². The van der Waals surface area contributed by atoms with Gasteiger partial charge in [0, 0.05) is 29.9 Å². The molecule has 2 aromatic rings. The number of carbonyl (C=O) groups is 2. The van der Waals surface area contributed by atoms with Crippen molar-refractivity contribution in [3.05, 3.63) is 65.2 Å². The van der Waals surface area contributed by atoms with Crippen LogP contribution in [0.4, 0.5) is 5.69 Å². The number of piperidine rings is 1. The topological polar surface area (TPSA) is 49.4 Å². The van der Waals surface area contributed by atoms with Gasteiger partial charge in [-0.2, -0.15) is 0 Å². The summed E-state index contributed by atoms with van der Waals surface area (Å²) in [7, 11) is 0. The van der Waals surface area contributed by atoms with Gasteiger partial charge in [-0.05, 0) is 61.6 Å². The average Bonchev–Trinajstić information content (AvgIpc) is 2.63. The van der Waals surface area contributed by atoms with Crippen molar-refractivity contribution in [1.29, 1.82) is 0 Å². The Kier molecular flexibility index (Phi) is 5.17. The molecule has 0 saturated carbocycles. The predicted octanol–water partition coefficient (Wildman–Crippen LogP) is 4.12. The second-order valence-electron chi connectivity index (χ2n) is 6.82. The molecule has 0 aliphatic carbocycles. The summed E-state index contributed by atoms with van der Waals surface area (Å²) in [4.78, 5) is 26.8. The SMILES string of the molecule is Cc1ccccc1C(=O)Nc1ccc(C(=O)N2CCC(C)CC2)cc1. The number of nitrogens with one attached hydrogen (secondary N) is 1. The second kappa shape index (κ2) is 7.51. The summed E-state index contributed by atoms with van der Waals surface area (Å²) in [6, 6.07) is 14.6. The summed E-state index contributed by atoms with van der Waals surface area (Å²) in [6.07, 6.45) is 2.13. The zero-order valence-corrected chi connectivity index (χ0v) is 14.8. The summed E-state index contributed by atoms with van der Waals surface area (Å²) in [6.45, 7) is 5.79. The quantitative estimate of drug-likeness (QED) is 0.916. The fourth-order valence-electron chi connectivity index (χ4n) is 3.12. The lowest BCUT2D eigenvalue weighted by atomic mass is 9.98. The van der Waals surface area contributed by atoms with E-state index >= 15 is 0 Å². The van der Waals surface area contributed by atoms with Gasteiger partial charge in [0.1, 0.15) is 0 Å². The first-order valence-electron chi connectivity index (χ1n) is 8.81. The van der Waals surface area contributed by atoms with Crippen LogP contribution in [0.1, 0.15) is 46.0 Å². The third-order valence-electron chi connectivity index (χ3n) is 4.85. The van der Waals surface area contributed by atoms with Crippen molar-refractivity contribution in [2.75, 3.05) is 18.4 Å². The molecule has 0 spiro atoms. The van der Waals surface area contributed by atoms with Crippen LogP contribution in [0.2, 0.25) is 0 Å². The highest BCUT2D eigenvalue weighted by atomic mass is 16.2. The Labute approximate surface area is 148 Å². The van der Waals surface area contributed by atoms with E-state index in [1.165, 1.54) is 0 Å². The largest absolute Gasteiger partial charge is 0.339 e. The van der Waals surface area contributed by atoms with Gasteiger partial charge in [-0.15, -0.1) is 0 Å². The molecule has 1 fully saturated rings. The maximum absolute atomic E-state index is 12.5. The molecule has 3 rings (SSSR count). The Hall–Kier alpha value is -2.62. The van der Waals surface area contributed by atoms with Gasteiger partial charge >= 0.3 is 0 Å². The van der Waals surface area contributed by atoms with E-state index in [0.29, 0.717) is 22.7 Å². The van der Waals surface area contributed by atoms with Crippen molar-refractivity contribution in [3.63, 3.8) is 0 Å². The van der Waals surface area contributed by atoms with Gasteiger partial charge in [-0.3, -0.25) is 9.59 Å². The van der Waals surface area contributed by atoms with Crippen LogP contribution in [-0.2, 0) is 0 Å². The molecule has 0 unspecified atom stereocenters. The highest BCUT2D eigenvalue weighted by Crippen LogP contribution is 2.19. The third-order valence-corrected chi connectivity index (χ3v) is 4.85. The van der Waals surface area contributed by atoms with Crippen LogP contribution in [0, 0.1) is 12.8 Å². The predicted molar refractivity (Wildman–Crippen MR) is 99.9 cm³/mol. The highest BCUT2D eigenvalue weighted by Gasteiger charge is 2.21. The fourth-order valence-corrected chi connectivity index (χ4v) is 3.12. The number of carbonyl (C=O) groups excluding carboxylic acids is 2. The van der Waals surface area contributed by atoms with Crippen LogP contribution in [0.5, 0.6) is 0 Å². The van der Waals surface area contributed by atoms with E-state index in [1.54, 1.807) is 30.3 Å². The lowest BCUT2D eigenvalue weighted by Gasteiger charge is -2.30. The Balaban J connectivity index is 1.65. The maximum atomic E-state index is 12.5. The van der Waals surface area contributed by atoms with E-state index in [1.807, 2.05) is 30.0 Å². The minimum atomic E-state index is -0.137. The van der Waals surface area contributed by atoms with Crippen LogP contribution in [0.15, 0.2) is 48.5 Å². The third kappa shape index (κ3) is 4.08. The minimum absolute atomic E-state index is 0.0729. The maximum Gasteiger partial charge on any atom is 0.255 e. The number of hydrogen-bond donors (Lipinski definition) is 1. The molecule has 1 N–H and O–H groups in total. The second-order valence-corrected chi connectivity index (χ2v) is 6.82. The number of amides is 2. The first-order valence-corrected chi connectivity index (χ1v) is 8.81. The van der Waals surface area contributed by atoms with Crippen molar-refractivity contribution in [2.45, 2.75) is 26.7 Å². The van der Waals surface area contributed by atoms with Gasteiger partial charge in [0.25, 0.3) is 11.8 Å². The van der Waals surface area contributed by atoms with E-state index in [2.05, 4.69) is 12.2 Å². The molecule has 2 amide bonds. The smallest absolute Gasteiger partial charge is 0.255 e. The standard InChI is InChI=1S/C21H24N2O2/c1-15-11-13-23(14-12-15)21(25)17-7-9-18(10-8-17)22-20(24)19-6-4-3-5-16(19)2/h3-10,15H,11-14H2,1-2H3,(H,22,24). The van der Waals surface area contributed by atoms with Crippen LogP contribution in [-0.4, -0.2) is 29.8 Å². The molecule has 1 aliphatic heterocycles. The number of anilines is 1. The van der Waals surface area contributed by atoms with Gasteiger partial charge in [0.15, 0.2) is 0 Å². The van der Waals surface area contributed by atoms with Crippen molar-refractivity contribution in [3.8, 4) is 0 Å². The normalized spacial score (nSPS) is 15.0. The molecule has 4 heteroatoms. The molecule has 0 bridgehead atoms. The Morgan fingerprint density at radius 2 is 1.64 bits per heavy atom. The fraction of sp³-hybridized carbons (Fsp3) is 0.333. The molecule has 2 aromatic carbocycles. The van der Waals surface area contributed by atoms with Gasteiger partial charge in [0.05, 0.1) is 0 Å². The van der Waals surface area contributed by atoms with E-state index in [0.717, 1.165) is 31.5 Å². The molecule has 25 heavy (non-hydrogen) atoms. The number of hydrogen-bond acceptors (Lipinski definition) is 2. The highest BCUT2D eigenvalue weighted by molar-refractivity contribution is 6.05. The zero-order valence-electron chi connectivity index (χ0n) is 14.8. The van der Waals surface area contributed by atoms with E-state index in [-0.39, 0.29) is 11.8 Å². The summed E-state index contributed by atoms with van der Waals surface area (Å²) in [5.74, 6) is 0.633. The molecule has 130 valence electrons. The Morgan fingerprint density at radius 1 is 1.00 bits per heavy atom. The molecular weight excluding hydrogens is 312 g/mol. The van der Waals surface area contributed by atoms with Gasteiger partial charge < -0.3 is 10.2 Å². The molecule has 0 aromatic heterocycles. The molecule has 1 heterocycles. The first-order chi connectivity index (χ1) is 12.0. The number of benzene rings is 2. The molecular formula is C21H24N2O2. The number of nitrogens with zero attached hydrogens (tertiary/aromatic N) is 1. The lowest BCUT2D eigenvalue weighted by molar-refractivity contribution is 0.0697. The van der Waals surface area contributed by atoms with E-state index < -0.39 is 0 Å². The number of aryl methyl sites for hydroxylation is 1. The van der Waals surface area contributed by atoms with Crippen LogP contribution in [0.25, 0.3) is 0 Å². The van der Waals surface area contributed by atoms with Crippen LogP contribution >= 0.6 is 0 Å². The van der Waals surface area contributed by atoms with Crippen LogP contribution < -0.4 is 5.32 Å².